The number of hydrogen-bond acceptors (Lipinski definition) is 5. The lowest BCUT2D eigenvalue weighted by Crippen LogP contribution is -2.48. The van der Waals surface area contributed by atoms with E-state index in [1.165, 1.54) is 16.9 Å². The number of nitrogens with one attached hydrogen (secondary N) is 1. The van der Waals surface area contributed by atoms with Crippen molar-refractivity contribution in [1.82, 2.24) is 19.9 Å². The summed E-state index contributed by atoms with van der Waals surface area (Å²) in [7, 11) is 0. The van der Waals surface area contributed by atoms with E-state index in [-0.39, 0.29) is 35.8 Å². The molecule has 4 rings (SSSR count). The van der Waals surface area contributed by atoms with Gasteiger partial charge in [0.1, 0.15) is 5.75 Å². The van der Waals surface area contributed by atoms with Crippen molar-refractivity contribution < 1.29 is 14.7 Å². The molecule has 1 aliphatic rings. The van der Waals surface area contributed by atoms with Gasteiger partial charge in [0.15, 0.2) is 0 Å². The minimum absolute atomic E-state index is 0.0231. The van der Waals surface area contributed by atoms with Crippen LogP contribution in [0.25, 0.3) is 5.69 Å². The lowest BCUT2D eigenvalue weighted by Gasteiger charge is -2.37. The molecule has 0 saturated carbocycles. The van der Waals surface area contributed by atoms with E-state index in [0.717, 1.165) is 5.56 Å². The van der Waals surface area contributed by atoms with Gasteiger partial charge in [0.2, 0.25) is 5.91 Å². The molecule has 0 bridgehead atoms. The van der Waals surface area contributed by atoms with Crippen molar-refractivity contribution in [2.24, 2.45) is 5.92 Å². The third-order valence-electron chi connectivity index (χ3n) is 5.75. The Labute approximate surface area is 190 Å². The molecule has 166 valence electrons. The molecule has 32 heavy (non-hydrogen) atoms. The van der Waals surface area contributed by atoms with Gasteiger partial charge < -0.3 is 15.3 Å². The first kappa shape index (κ1) is 21.8. The second-order valence-corrected chi connectivity index (χ2v) is 8.51. The van der Waals surface area contributed by atoms with Crippen molar-refractivity contribution in [3.05, 3.63) is 64.9 Å². The highest BCUT2D eigenvalue weighted by molar-refractivity contribution is 6.31. The van der Waals surface area contributed by atoms with E-state index in [0.29, 0.717) is 29.1 Å². The Bertz CT molecular complexity index is 1150. The number of hydrogen-bond donors (Lipinski definition) is 2. The van der Waals surface area contributed by atoms with Gasteiger partial charge in [0, 0.05) is 17.6 Å². The fourth-order valence-corrected chi connectivity index (χ4v) is 4.11. The minimum atomic E-state index is -0.412. The topological polar surface area (TPSA) is 100 Å². The maximum absolute atomic E-state index is 13.6. The number of carbonyl (C=O) groups excluding carboxylic acids is 2. The fraction of sp³-hybridized carbons (Fsp3) is 0.304. The van der Waals surface area contributed by atoms with Gasteiger partial charge in [-0.1, -0.05) is 23.2 Å². The molecule has 3 aromatic rings. The van der Waals surface area contributed by atoms with Crippen molar-refractivity contribution in [2.75, 3.05) is 11.9 Å². The minimum Gasteiger partial charge on any atom is -0.506 e. The molecule has 2 unspecified atom stereocenters. The highest BCUT2D eigenvalue weighted by Crippen LogP contribution is 2.30. The van der Waals surface area contributed by atoms with Crippen molar-refractivity contribution in [3.63, 3.8) is 0 Å². The highest BCUT2D eigenvalue weighted by Gasteiger charge is 2.34. The van der Waals surface area contributed by atoms with Crippen LogP contribution in [0, 0.1) is 12.8 Å². The van der Waals surface area contributed by atoms with Crippen molar-refractivity contribution in [2.45, 2.75) is 32.7 Å². The largest absolute Gasteiger partial charge is 0.506 e. The van der Waals surface area contributed by atoms with Gasteiger partial charge in [-0.25, -0.2) is 0 Å². The molecule has 9 heteroatoms. The van der Waals surface area contributed by atoms with E-state index >= 15 is 0 Å². The summed E-state index contributed by atoms with van der Waals surface area (Å²) in [5.74, 6) is -0.900. The predicted molar refractivity (Wildman–Crippen MR) is 121 cm³/mol. The van der Waals surface area contributed by atoms with Crippen LogP contribution in [0.15, 0.2) is 48.8 Å². The number of nitrogens with zero attached hydrogens (tertiary/aromatic N) is 4. The van der Waals surface area contributed by atoms with Crippen LogP contribution in [0.4, 0.5) is 5.69 Å². The number of aromatic nitrogens is 3. The lowest BCUT2D eigenvalue weighted by molar-refractivity contribution is -0.121. The predicted octanol–water partition coefficient (Wildman–Crippen LogP) is 3.81. The number of aromatic hydroxyl groups is 1. The summed E-state index contributed by atoms with van der Waals surface area (Å²) in [6, 6.07) is 10.00. The normalized spacial score (nSPS) is 18.4. The van der Waals surface area contributed by atoms with E-state index in [2.05, 4.69) is 15.5 Å². The first-order chi connectivity index (χ1) is 15.3. The first-order valence-electron chi connectivity index (χ1n) is 10.4. The molecule has 2 N–H and O–H groups in total. The van der Waals surface area contributed by atoms with E-state index in [1.807, 2.05) is 32.0 Å². The van der Waals surface area contributed by atoms with Gasteiger partial charge in [0.05, 0.1) is 35.2 Å². The summed E-state index contributed by atoms with van der Waals surface area (Å²) < 4.78 is 0. The number of phenols is 1. The number of benzene rings is 2. The number of carbonyl (C=O) groups is 2. The Kier molecular flexibility index (Phi) is 6.14. The number of rotatable bonds is 4. The number of piperidine rings is 1. The average molecular weight is 454 g/mol. The second-order valence-electron chi connectivity index (χ2n) is 8.07. The quantitative estimate of drug-likeness (QED) is 0.585. The molecule has 0 spiro atoms. The van der Waals surface area contributed by atoms with Gasteiger partial charge in [-0.2, -0.15) is 15.0 Å². The van der Waals surface area contributed by atoms with E-state index in [9.17, 15) is 14.7 Å². The zero-order valence-corrected chi connectivity index (χ0v) is 18.6. The average Bonchev–Trinajstić information content (AvgIpc) is 3.30. The SMILES string of the molecule is Cc1ccc(-n2nccn2)c(C(=O)N2CC(C(=O)Nc3cc(Cl)ccc3O)CCC2C)c1. The molecule has 2 heterocycles. The number of amides is 2. The number of anilines is 1. The van der Waals surface area contributed by atoms with Gasteiger partial charge in [-0.15, -0.1) is 0 Å². The summed E-state index contributed by atoms with van der Waals surface area (Å²) in [5, 5.41) is 21.5. The molecule has 1 saturated heterocycles. The molecule has 1 aliphatic heterocycles. The van der Waals surface area contributed by atoms with E-state index in [4.69, 9.17) is 11.6 Å². The van der Waals surface area contributed by atoms with Crippen LogP contribution in [0.2, 0.25) is 5.02 Å². The number of likely N-dealkylation sites (tertiary alicyclic amines) is 1. The van der Waals surface area contributed by atoms with Gasteiger partial charge in [0.25, 0.3) is 5.91 Å². The molecular formula is C23H24ClN5O3. The Morgan fingerprint density at radius 2 is 1.88 bits per heavy atom. The van der Waals surface area contributed by atoms with Crippen LogP contribution in [-0.2, 0) is 4.79 Å². The summed E-state index contributed by atoms with van der Waals surface area (Å²) in [6.45, 7) is 4.17. The van der Waals surface area contributed by atoms with Crippen molar-refractivity contribution in [1.29, 1.82) is 0 Å². The zero-order valence-electron chi connectivity index (χ0n) is 17.8. The van der Waals surface area contributed by atoms with Crippen molar-refractivity contribution >= 4 is 29.1 Å². The molecule has 1 fully saturated rings. The van der Waals surface area contributed by atoms with Crippen LogP contribution in [0.5, 0.6) is 5.75 Å². The molecule has 1 aromatic heterocycles. The molecule has 2 atom stereocenters. The summed E-state index contributed by atoms with van der Waals surface area (Å²) >= 11 is 5.98. The lowest BCUT2D eigenvalue weighted by atomic mass is 9.91. The molecule has 8 nitrogen and oxygen atoms in total. The Morgan fingerprint density at radius 3 is 2.62 bits per heavy atom. The maximum Gasteiger partial charge on any atom is 0.256 e. The third kappa shape index (κ3) is 4.45. The summed E-state index contributed by atoms with van der Waals surface area (Å²) in [4.78, 5) is 29.6. The number of halogens is 1. The molecular weight excluding hydrogens is 430 g/mol. The van der Waals surface area contributed by atoms with E-state index < -0.39 is 5.92 Å². The fourth-order valence-electron chi connectivity index (χ4n) is 3.94. The molecule has 2 aromatic carbocycles. The Balaban J connectivity index is 1.56. The Morgan fingerprint density at radius 1 is 1.12 bits per heavy atom. The molecule has 0 aliphatic carbocycles. The van der Waals surface area contributed by atoms with Gasteiger partial charge >= 0.3 is 0 Å². The van der Waals surface area contributed by atoms with Crippen LogP contribution >= 0.6 is 11.6 Å². The van der Waals surface area contributed by atoms with Gasteiger partial charge in [-0.3, -0.25) is 9.59 Å². The van der Waals surface area contributed by atoms with Crippen LogP contribution in [0.1, 0.15) is 35.7 Å². The maximum atomic E-state index is 13.6. The van der Waals surface area contributed by atoms with Crippen molar-refractivity contribution in [3.8, 4) is 11.4 Å². The number of aryl methyl sites for hydroxylation is 1. The highest BCUT2D eigenvalue weighted by atomic mass is 35.5. The van der Waals surface area contributed by atoms with Crippen LogP contribution in [-0.4, -0.2) is 49.4 Å². The van der Waals surface area contributed by atoms with E-state index in [1.54, 1.807) is 23.4 Å². The molecule has 2 amide bonds. The number of phenolic OH excluding ortho intramolecular Hbond substituents is 1. The smallest absolute Gasteiger partial charge is 0.256 e. The summed E-state index contributed by atoms with van der Waals surface area (Å²) in [6.07, 6.45) is 4.44. The zero-order chi connectivity index (χ0) is 22.8. The third-order valence-corrected chi connectivity index (χ3v) is 5.98. The van der Waals surface area contributed by atoms with Gasteiger partial charge in [-0.05, 0) is 57.0 Å². The second kappa shape index (κ2) is 9.00. The first-order valence-corrected chi connectivity index (χ1v) is 10.8. The summed E-state index contributed by atoms with van der Waals surface area (Å²) in [5.41, 5.74) is 2.28. The molecule has 0 radical (unpaired) electrons. The monoisotopic (exact) mass is 453 g/mol. The van der Waals surface area contributed by atoms with Crippen LogP contribution in [0.3, 0.4) is 0 Å². The standard InChI is InChI=1S/C23H24ClN5O3/c1-14-3-7-20(29-25-9-10-26-29)18(11-14)23(32)28-13-16(5-4-15(28)2)22(31)27-19-12-17(24)6-8-21(19)30/h3,6-12,15-16,30H,4-5,13H2,1-2H3,(H,27,31). The Hall–Kier alpha value is -3.39. The van der Waals surface area contributed by atoms with Crippen LogP contribution < -0.4 is 5.32 Å².